The number of hydrogen-bond donors (Lipinski definition) is 3. The zero-order chi connectivity index (χ0) is 22.5. The van der Waals surface area contributed by atoms with Crippen molar-refractivity contribution < 1.29 is 24.2 Å². The Morgan fingerprint density at radius 3 is 2.19 bits per heavy atom. The minimum Gasteiger partial charge on any atom is -0.481 e. The molecule has 1 atom stereocenters. The van der Waals surface area contributed by atoms with Crippen molar-refractivity contribution in [3.8, 4) is 11.1 Å². The van der Waals surface area contributed by atoms with Gasteiger partial charge in [-0.2, -0.15) is 0 Å². The molecule has 2 aromatic rings. The molecule has 0 spiro atoms. The molecule has 3 N–H and O–H groups in total. The molecule has 2 aliphatic rings. The summed E-state index contributed by atoms with van der Waals surface area (Å²) in [6, 6.07) is 15.9. The van der Waals surface area contributed by atoms with Gasteiger partial charge >= 0.3 is 12.1 Å². The largest absolute Gasteiger partial charge is 0.481 e. The average Bonchev–Trinajstić information content (AvgIpc) is 3.04. The Labute approximate surface area is 187 Å². The van der Waals surface area contributed by atoms with E-state index in [1.54, 1.807) is 0 Å². The quantitative estimate of drug-likeness (QED) is 0.556. The highest BCUT2D eigenvalue weighted by molar-refractivity contribution is 5.80. The molecule has 0 heterocycles. The summed E-state index contributed by atoms with van der Waals surface area (Å²) >= 11 is 0. The smallest absolute Gasteiger partial charge is 0.407 e. The third-order valence-corrected chi connectivity index (χ3v) is 6.42. The molecule has 2 aliphatic carbocycles. The van der Waals surface area contributed by atoms with Crippen molar-refractivity contribution in [2.75, 3.05) is 13.2 Å². The lowest BCUT2D eigenvalue weighted by Crippen LogP contribution is -2.45. The zero-order valence-electron chi connectivity index (χ0n) is 17.9. The molecular weight excluding hydrogens is 408 g/mol. The van der Waals surface area contributed by atoms with Crippen LogP contribution in [0.2, 0.25) is 0 Å². The minimum absolute atomic E-state index is 0.0179. The van der Waals surface area contributed by atoms with Crippen molar-refractivity contribution in [3.05, 3.63) is 59.7 Å². The van der Waals surface area contributed by atoms with Crippen LogP contribution in [0, 0.1) is 5.92 Å². The van der Waals surface area contributed by atoms with Crippen LogP contribution in [0.25, 0.3) is 11.1 Å². The average molecular weight is 437 g/mol. The van der Waals surface area contributed by atoms with Crippen LogP contribution in [0.4, 0.5) is 4.79 Å². The molecule has 1 unspecified atom stereocenters. The van der Waals surface area contributed by atoms with E-state index in [-0.39, 0.29) is 49.8 Å². The molecule has 0 saturated heterocycles. The lowest BCUT2D eigenvalue weighted by atomic mass is 9.78. The first-order chi connectivity index (χ1) is 15.5. The molecule has 32 heavy (non-hydrogen) atoms. The fourth-order valence-electron chi connectivity index (χ4n) is 4.57. The number of hydrogen-bond acceptors (Lipinski definition) is 4. The number of carboxylic acids is 1. The molecule has 0 radical (unpaired) electrons. The molecular formula is C25H28N2O5. The normalized spacial score (nSPS) is 15.8. The first-order valence-corrected chi connectivity index (χ1v) is 11.1. The van der Waals surface area contributed by atoms with Crippen LogP contribution in [0.5, 0.6) is 0 Å². The van der Waals surface area contributed by atoms with Crippen molar-refractivity contribution in [1.29, 1.82) is 0 Å². The van der Waals surface area contributed by atoms with E-state index < -0.39 is 12.1 Å². The summed E-state index contributed by atoms with van der Waals surface area (Å²) < 4.78 is 5.46. The Morgan fingerprint density at radius 2 is 1.62 bits per heavy atom. The van der Waals surface area contributed by atoms with E-state index in [1.165, 1.54) is 0 Å². The number of benzene rings is 2. The van der Waals surface area contributed by atoms with E-state index >= 15 is 0 Å². The monoisotopic (exact) mass is 436 g/mol. The Kier molecular flexibility index (Phi) is 6.73. The van der Waals surface area contributed by atoms with Gasteiger partial charge in [0.2, 0.25) is 5.91 Å². The zero-order valence-corrected chi connectivity index (χ0v) is 17.9. The van der Waals surface area contributed by atoms with E-state index in [1.807, 2.05) is 24.3 Å². The topological polar surface area (TPSA) is 105 Å². The summed E-state index contributed by atoms with van der Waals surface area (Å²) in [6.07, 6.45) is 2.39. The van der Waals surface area contributed by atoms with Gasteiger partial charge in [-0.1, -0.05) is 55.0 Å². The van der Waals surface area contributed by atoms with Crippen molar-refractivity contribution in [2.45, 2.75) is 44.1 Å². The maximum absolute atomic E-state index is 12.2. The molecule has 7 nitrogen and oxygen atoms in total. The first-order valence-electron chi connectivity index (χ1n) is 11.1. The summed E-state index contributed by atoms with van der Waals surface area (Å²) in [5.74, 6) is -0.970. The van der Waals surface area contributed by atoms with Gasteiger partial charge in [0, 0.05) is 24.9 Å². The Hall–Kier alpha value is -3.35. The van der Waals surface area contributed by atoms with E-state index in [0.29, 0.717) is 0 Å². The van der Waals surface area contributed by atoms with Gasteiger partial charge in [-0.25, -0.2) is 4.79 Å². The van der Waals surface area contributed by atoms with Gasteiger partial charge in [0.1, 0.15) is 6.61 Å². The summed E-state index contributed by atoms with van der Waals surface area (Å²) in [5, 5.41) is 14.5. The number of rotatable bonds is 9. The summed E-state index contributed by atoms with van der Waals surface area (Å²) in [4.78, 5) is 35.4. The SMILES string of the molecule is O=C(O)CC(NC(=O)CCNC(=O)OCC1c2ccccc2-c2ccccc21)C1CCC1. The Balaban J connectivity index is 1.24. The van der Waals surface area contributed by atoms with E-state index in [4.69, 9.17) is 9.84 Å². The molecule has 1 fully saturated rings. The lowest BCUT2D eigenvalue weighted by Gasteiger charge is -2.33. The van der Waals surface area contributed by atoms with Gasteiger partial charge in [-0.15, -0.1) is 0 Å². The molecule has 0 aromatic heterocycles. The van der Waals surface area contributed by atoms with Crippen LogP contribution < -0.4 is 10.6 Å². The number of ether oxygens (including phenoxy) is 1. The molecule has 4 rings (SSSR count). The number of nitrogens with one attached hydrogen (secondary N) is 2. The molecule has 2 amide bonds. The summed E-state index contributed by atoms with van der Waals surface area (Å²) in [6.45, 7) is 0.349. The van der Waals surface area contributed by atoms with Crippen LogP contribution in [0.1, 0.15) is 49.1 Å². The predicted octanol–water partition coefficient (Wildman–Crippen LogP) is 3.67. The maximum atomic E-state index is 12.2. The fraction of sp³-hybridized carbons (Fsp3) is 0.400. The maximum Gasteiger partial charge on any atom is 0.407 e. The number of aliphatic carboxylic acids is 1. The van der Waals surface area contributed by atoms with Gasteiger partial charge in [-0.05, 0) is 41.0 Å². The second kappa shape index (κ2) is 9.85. The third-order valence-electron chi connectivity index (χ3n) is 6.42. The minimum atomic E-state index is -0.918. The highest BCUT2D eigenvalue weighted by atomic mass is 16.5. The molecule has 0 bridgehead atoms. The highest BCUT2D eigenvalue weighted by Crippen LogP contribution is 2.44. The highest BCUT2D eigenvalue weighted by Gasteiger charge is 2.30. The van der Waals surface area contributed by atoms with Crippen LogP contribution in [-0.2, 0) is 14.3 Å². The Bertz CT molecular complexity index is 956. The van der Waals surface area contributed by atoms with Crippen LogP contribution in [0.15, 0.2) is 48.5 Å². The van der Waals surface area contributed by atoms with E-state index in [9.17, 15) is 14.4 Å². The first kappa shape index (κ1) is 21.9. The van der Waals surface area contributed by atoms with Gasteiger partial charge in [0.25, 0.3) is 0 Å². The second-order valence-corrected chi connectivity index (χ2v) is 8.47. The molecule has 0 aliphatic heterocycles. The van der Waals surface area contributed by atoms with Crippen LogP contribution in [-0.4, -0.2) is 42.3 Å². The standard InChI is InChI=1S/C25H28N2O5/c28-23(27-22(14-24(29)30)16-6-5-7-16)12-13-26-25(31)32-15-21-19-10-3-1-8-17(19)18-9-2-4-11-20(18)21/h1-4,8-11,16,21-22H,5-7,12-15H2,(H,26,31)(H,27,28)(H,29,30). The number of carbonyl (C=O) groups excluding carboxylic acids is 2. The van der Waals surface area contributed by atoms with E-state index in [0.717, 1.165) is 41.5 Å². The third kappa shape index (κ3) is 4.93. The number of carbonyl (C=O) groups is 3. The Morgan fingerprint density at radius 1 is 1.00 bits per heavy atom. The van der Waals surface area contributed by atoms with Crippen molar-refractivity contribution in [3.63, 3.8) is 0 Å². The van der Waals surface area contributed by atoms with Gasteiger partial charge in [-0.3, -0.25) is 9.59 Å². The second-order valence-electron chi connectivity index (χ2n) is 8.47. The summed E-state index contributed by atoms with van der Waals surface area (Å²) in [7, 11) is 0. The van der Waals surface area contributed by atoms with Gasteiger partial charge < -0.3 is 20.5 Å². The summed E-state index contributed by atoms with van der Waals surface area (Å²) in [5.41, 5.74) is 4.61. The molecule has 2 aromatic carbocycles. The van der Waals surface area contributed by atoms with Crippen molar-refractivity contribution in [2.24, 2.45) is 5.92 Å². The van der Waals surface area contributed by atoms with E-state index in [2.05, 4.69) is 34.9 Å². The van der Waals surface area contributed by atoms with Crippen LogP contribution >= 0.6 is 0 Å². The van der Waals surface area contributed by atoms with Crippen LogP contribution in [0.3, 0.4) is 0 Å². The van der Waals surface area contributed by atoms with Crippen molar-refractivity contribution >= 4 is 18.0 Å². The van der Waals surface area contributed by atoms with Crippen molar-refractivity contribution in [1.82, 2.24) is 10.6 Å². The molecule has 168 valence electrons. The number of fused-ring (bicyclic) bond motifs is 3. The van der Waals surface area contributed by atoms with Gasteiger partial charge in [0.05, 0.1) is 6.42 Å². The number of alkyl carbamates (subject to hydrolysis) is 1. The molecule has 1 saturated carbocycles. The number of amides is 2. The molecule has 7 heteroatoms. The fourth-order valence-corrected chi connectivity index (χ4v) is 4.57. The lowest BCUT2D eigenvalue weighted by molar-refractivity contribution is -0.138. The number of carboxylic acid groups (broad SMARTS) is 1. The van der Waals surface area contributed by atoms with Gasteiger partial charge in [0.15, 0.2) is 0 Å². The predicted molar refractivity (Wildman–Crippen MR) is 119 cm³/mol.